The van der Waals surface area contributed by atoms with Gasteiger partial charge in [0.1, 0.15) is 11.9 Å². The second-order valence-electron chi connectivity index (χ2n) is 5.20. The van der Waals surface area contributed by atoms with Crippen molar-refractivity contribution in [1.29, 1.82) is 0 Å². The molecule has 0 saturated heterocycles. The van der Waals surface area contributed by atoms with Gasteiger partial charge in [0, 0.05) is 19.6 Å². The van der Waals surface area contributed by atoms with Crippen LogP contribution in [0.3, 0.4) is 0 Å². The van der Waals surface area contributed by atoms with Gasteiger partial charge in [-0.3, -0.25) is 4.98 Å². The minimum Gasteiger partial charge on any atom is -0.489 e. The summed E-state index contributed by atoms with van der Waals surface area (Å²) < 4.78 is 11.4. The van der Waals surface area contributed by atoms with Gasteiger partial charge in [-0.1, -0.05) is 6.92 Å². The van der Waals surface area contributed by atoms with Crippen LogP contribution in [0.1, 0.15) is 50.8 Å². The number of aromatic nitrogens is 1. The molecule has 1 aromatic heterocycles. The van der Waals surface area contributed by atoms with Crippen LogP contribution in [0.5, 0.6) is 5.75 Å². The van der Waals surface area contributed by atoms with E-state index in [1.54, 1.807) is 13.3 Å². The van der Waals surface area contributed by atoms with Crippen LogP contribution in [0.2, 0.25) is 0 Å². The van der Waals surface area contributed by atoms with Crippen molar-refractivity contribution in [1.82, 2.24) is 4.98 Å². The van der Waals surface area contributed by atoms with Crippen molar-refractivity contribution in [3.05, 3.63) is 24.0 Å². The second kappa shape index (κ2) is 6.87. The lowest BCUT2D eigenvalue weighted by Crippen LogP contribution is -2.29. The number of nitrogens with zero attached hydrogens (tertiary/aromatic N) is 1. The molecule has 4 heteroatoms. The Morgan fingerprint density at radius 1 is 1.37 bits per heavy atom. The maximum Gasteiger partial charge on any atom is 0.138 e. The predicted octanol–water partition coefficient (Wildman–Crippen LogP) is 2.83. The highest BCUT2D eigenvalue weighted by Crippen LogP contribution is 2.25. The molecule has 1 aromatic rings. The Bertz CT molecular complexity index is 380. The molecule has 0 radical (unpaired) electrons. The molecule has 1 fully saturated rings. The Hall–Kier alpha value is -1.13. The topological polar surface area (TPSA) is 57.4 Å². The molecule has 0 aromatic carbocycles. The third-order valence-electron chi connectivity index (χ3n) is 3.79. The second-order valence-corrected chi connectivity index (χ2v) is 5.20. The zero-order valence-corrected chi connectivity index (χ0v) is 11.8. The van der Waals surface area contributed by atoms with Gasteiger partial charge < -0.3 is 15.2 Å². The Balaban J connectivity index is 1.92. The number of hydrogen-bond donors (Lipinski definition) is 1. The molecule has 1 saturated carbocycles. The summed E-state index contributed by atoms with van der Waals surface area (Å²) in [5.74, 6) is 0.828. The lowest BCUT2D eigenvalue weighted by atomic mass is 9.95. The van der Waals surface area contributed by atoms with Crippen molar-refractivity contribution in [2.24, 2.45) is 5.73 Å². The van der Waals surface area contributed by atoms with Gasteiger partial charge in [-0.25, -0.2) is 0 Å². The maximum atomic E-state index is 5.97. The highest BCUT2D eigenvalue weighted by molar-refractivity contribution is 5.21. The number of ether oxygens (including phenoxy) is 2. The van der Waals surface area contributed by atoms with Gasteiger partial charge in [0.15, 0.2) is 0 Å². The smallest absolute Gasteiger partial charge is 0.138 e. The summed E-state index contributed by atoms with van der Waals surface area (Å²) in [5, 5.41) is 0. The highest BCUT2D eigenvalue weighted by Gasteiger charge is 2.23. The number of pyridine rings is 1. The molecule has 2 N–H and O–H groups in total. The Kier molecular flexibility index (Phi) is 5.16. The van der Waals surface area contributed by atoms with Crippen LogP contribution in [-0.4, -0.2) is 24.3 Å². The minimum absolute atomic E-state index is 0.0154. The molecule has 0 aliphatic heterocycles. The summed E-state index contributed by atoms with van der Waals surface area (Å²) >= 11 is 0. The van der Waals surface area contributed by atoms with Crippen LogP contribution >= 0.6 is 0 Å². The Morgan fingerprint density at radius 2 is 2.16 bits per heavy atom. The van der Waals surface area contributed by atoms with Crippen LogP contribution in [0.15, 0.2) is 18.3 Å². The molecule has 106 valence electrons. The van der Waals surface area contributed by atoms with Gasteiger partial charge in [-0.05, 0) is 37.8 Å². The summed E-state index contributed by atoms with van der Waals surface area (Å²) in [4.78, 5) is 4.37. The molecule has 0 amide bonds. The normalized spacial score (nSPS) is 25.0. The average Bonchev–Trinajstić information content (AvgIpc) is 2.47. The standard InChI is InChI=1S/C15H24N2O2/c1-3-14(16)15-8-7-13(10-17-15)19-12-6-4-5-11(9-12)18-2/h7-8,10-12,14H,3-6,9,16H2,1-2H3/t11?,12?,14-/m0/s1. The van der Waals surface area contributed by atoms with Gasteiger partial charge in [0.05, 0.1) is 18.0 Å². The van der Waals surface area contributed by atoms with Crippen molar-refractivity contribution in [2.75, 3.05) is 7.11 Å². The van der Waals surface area contributed by atoms with E-state index in [1.807, 2.05) is 12.1 Å². The number of nitrogens with two attached hydrogens (primary N) is 1. The first-order chi connectivity index (χ1) is 9.22. The van der Waals surface area contributed by atoms with Crippen LogP contribution in [0.25, 0.3) is 0 Å². The van der Waals surface area contributed by atoms with Crippen molar-refractivity contribution in [3.63, 3.8) is 0 Å². The maximum absolute atomic E-state index is 5.97. The SMILES string of the molecule is CC[C@H](N)c1ccc(OC2CCCC(OC)C2)cn1. The van der Waals surface area contributed by atoms with E-state index in [4.69, 9.17) is 15.2 Å². The molecular formula is C15H24N2O2. The van der Waals surface area contributed by atoms with Gasteiger partial charge in [-0.2, -0.15) is 0 Å². The lowest BCUT2D eigenvalue weighted by Gasteiger charge is -2.28. The van der Waals surface area contributed by atoms with E-state index in [0.29, 0.717) is 6.10 Å². The fourth-order valence-corrected chi connectivity index (χ4v) is 2.51. The number of hydrogen-bond acceptors (Lipinski definition) is 4. The van der Waals surface area contributed by atoms with E-state index >= 15 is 0 Å². The molecule has 1 heterocycles. The van der Waals surface area contributed by atoms with Crippen molar-refractivity contribution >= 4 is 0 Å². The number of rotatable bonds is 5. The van der Waals surface area contributed by atoms with Crippen LogP contribution in [-0.2, 0) is 4.74 Å². The largest absolute Gasteiger partial charge is 0.489 e. The van der Waals surface area contributed by atoms with Crippen LogP contribution in [0, 0.1) is 0 Å². The van der Waals surface area contributed by atoms with E-state index in [1.165, 1.54) is 0 Å². The van der Waals surface area contributed by atoms with Gasteiger partial charge in [-0.15, -0.1) is 0 Å². The van der Waals surface area contributed by atoms with Crippen molar-refractivity contribution in [3.8, 4) is 5.75 Å². The first kappa shape index (κ1) is 14.3. The molecule has 2 rings (SSSR count). The summed E-state index contributed by atoms with van der Waals surface area (Å²) in [7, 11) is 1.77. The Labute approximate surface area is 115 Å². The summed E-state index contributed by atoms with van der Waals surface area (Å²) in [6.45, 7) is 2.06. The molecule has 2 unspecified atom stereocenters. The molecule has 0 bridgehead atoms. The molecule has 1 aliphatic carbocycles. The minimum atomic E-state index is 0.0154. The monoisotopic (exact) mass is 264 g/mol. The van der Waals surface area contributed by atoms with Crippen LogP contribution < -0.4 is 10.5 Å². The van der Waals surface area contributed by atoms with Gasteiger partial charge in [0.2, 0.25) is 0 Å². The highest BCUT2D eigenvalue weighted by atomic mass is 16.5. The first-order valence-corrected chi connectivity index (χ1v) is 7.14. The summed E-state index contributed by atoms with van der Waals surface area (Å²) in [6, 6.07) is 3.94. The molecule has 1 aliphatic rings. The van der Waals surface area contributed by atoms with Gasteiger partial charge in [0.25, 0.3) is 0 Å². The molecular weight excluding hydrogens is 240 g/mol. The molecule has 0 spiro atoms. The number of methoxy groups -OCH3 is 1. The van der Waals surface area contributed by atoms with Crippen LogP contribution in [0.4, 0.5) is 0 Å². The molecule has 19 heavy (non-hydrogen) atoms. The third-order valence-corrected chi connectivity index (χ3v) is 3.79. The zero-order valence-electron chi connectivity index (χ0n) is 11.8. The van der Waals surface area contributed by atoms with E-state index in [2.05, 4.69) is 11.9 Å². The average molecular weight is 264 g/mol. The zero-order chi connectivity index (χ0) is 13.7. The van der Waals surface area contributed by atoms with E-state index < -0.39 is 0 Å². The van der Waals surface area contributed by atoms with Crippen molar-refractivity contribution in [2.45, 2.75) is 57.3 Å². The van der Waals surface area contributed by atoms with E-state index in [0.717, 1.165) is 43.5 Å². The predicted molar refractivity (Wildman–Crippen MR) is 75.1 cm³/mol. The van der Waals surface area contributed by atoms with E-state index in [-0.39, 0.29) is 12.1 Å². The lowest BCUT2D eigenvalue weighted by molar-refractivity contribution is 0.0208. The fourth-order valence-electron chi connectivity index (χ4n) is 2.51. The molecule has 3 atom stereocenters. The third kappa shape index (κ3) is 3.91. The fraction of sp³-hybridized carbons (Fsp3) is 0.667. The van der Waals surface area contributed by atoms with Gasteiger partial charge >= 0.3 is 0 Å². The molecule has 4 nitrogen and oxygen atoms in total. The Morgan fingerprint density at radius 3 is 2.79 bits per heavy atom. The summed E-state index contributed by atoms with van der Waals surface area (Å²) in [5.41, 5.74) is 6.87. The summed E-state index contributed by atoms with van der Waals surface area (Å²) in [6.07, 6.45) is 7.61. The quantitative estimate of drug-likeness (QED) is 0.888. The van der Waals surface area contributed by atoms with E-state index in [9.17, 15) is 0 Å². The first-order valence-electron chi connectivity index (χ1n) is 7.14. The van der Waals surface area contributed by atoms with Crippen molar-refractivity contribution < 1.29 is 9.47 Å².